The molecule has 2 aromatic carbocycles. The van der Waals surface area contributed by atoms with Crippen molar-refractivity contribution in [2.24, 2.45) is 0 Å². The Hall–Kier alpha value is -3.02. The summed E-state index contributed by atoms with van der Waals surface area (Å²) in [6.45, 7) is 6.10. The number of para-hydroxylation sites is 1. The van der Waals surface area contributed by atoms with Gasteiger partial charge in [-0.15, -0.1) is 0 Å². The van der Waals surface area contributed by atoms with E-state index in [-0.39, 0.29) is 23.8 Å². The van der Waals surface area contributed by atoms with Crippen molar-refractivity contribution in [2.75, 3.05) is 26.1 Å². The van der Waals surface area contributed by atoms with Crippen LogP contribution >= 0.6 is 0 Å². The van der Waals surface area contributed by atoms with Gasteiger partial charge in [-0.05, 0) is 29.2 Å². The zero-order chi connectivity index (χ0) is 20.0. The van der Waals surface area contributed by atoms with Gasteiger partial charge < -0.3 is 20.1 Å². The molecule has 0 aliphatic rings. The first kappa shape index (κ1) is 20.3. The Labute approximate surface area is 159 Å². The van der Waals surface area contributed by atoms with Crippen molar-refractivity contribution in [3.05, 3.63) is 53.6 Å². The predicted octanol–water partition coefficient (Wildman–Crippen LogP) is 3.37. The van der Waals surface area contributed by atoms with E-state index in [9.17, 15) is 9.59 Å². The Kier molecular flexibility index (Phi) is 6.45. The van der Waals surface area contributed by atoms with E-state index >= 15 is 0 Å². The Bertz CT molecular complexity index is 803. The summed E-state index contributed by atoms with van der Waals surface area (Å²) in [4.78, 5) is 24.7. The molecule has 2 rings (SSSR count). The minimum Gasteiger partial charge on any atom is -0.497 e. The highest BCUT2D eigenvalue weighted by molar-refractivity contribution is 6.00. The average molecular weight is 370 g/mol. The summed E-state index contributed by atoms with van der Waals surface area (Å²) in [7, 11) is 3.02. The summed E-state index contributed by atoms with van der Waals surface area (Å²) in [5, 5.41) is 5.48. The van der Waals surface area contributed by atoms with Gasteiger partial charge >= 0.3 is 0 Å². The lowest BCUT2D eigenvalue weighted by molar-refractivity contribution is -0.115. The fraction of sp³-hybridized carbons (Fsp3) is 0.333. The quantitative estimate of drug-likeness (QED) is 0.817. The summed E-state index contributed by atoms with van der Waals surface area (Å²) in [5.74, 6) is 0.326. The largest absolute Gasteiger partial charge is 0.497 e. The number of methoxy groups -OCH3 is 2. The number of nitrogens with one attached hydrogen (secondary N) is 2. The maximum Gasteiger partial charge on any atom is 0.251 e. The molecule has 6 heteroatoms. The van der Waals surface area contributed by atoms with Crippen LogP contribution in [-0.2, 0) is 10.2 Å². The molecule has 0 bridgehead atoms. The van der Waals surface area contributed by atoms with Crippen molar-refractivity contribution in [3.63, 3.8) is 0 Å². The van der Waals surface area contributed by atoms with Gasteiger partial charge in [0.25, 0.3) is 5.91 Å². The number of carbonyl (C=O) groups is 2. The number of ether oxygens (including phenoxy) is 2. The van der Waals surface area contributed by atoms with E-state index < -0.39 is 0 Å². The number of rotatable bonds is 6. The molecule has 0 radical (unpaired) electrons. The lowest BCUT2D eigenvalue weighted by Crippen LogP contribution is -2.33. The second kappa shape index (κ2) is 8.58. The van der Waals surface area contributed by atoms with Gasteiger partial charge in [0.15, 0.2) is 0 Å². The number of carbonyl (C=O) groups excluding carboxylic acids is 2. The maximum atomic E-state index is 12.4. The van der Waals surface area contributed by atoms with Gasteiger partial charge in [-0.1, -0.05) is 39.0 Å². The van der Waals surface area contributed by atoms with Crippen molar-refractivity contribution < 1.29 is 19.1 Å². The van der Waals surface area contributed by atoms with E-state index in [0.29, 0.717) is 17.1 Å². The third-order valence-electron chi connectivity index (χ3n) is 4.03. The van der Waals surface area contributed by atoms with Gasteiger partial charge in [-0.3, -0.25) is 9.59 Å². The van der Waals surface area contributed by atoms with E-state index in [1.54, 1.807) is 18.2 Å². The van der Waals surface area contributed by atoms with Gasteiger partial charge in [-0.25, -0.2) is 0 Å². The van der Waals surface area contributed by atoms with Crippen LogP contribution in [-0.4, -0.2) is 32.6 Å². The Morgan fingerprint density at radius 2 is 1.56 bits per heavy atom. The SMILES string of the molecule is COc1cc(OC)cc(C(=O)NCC(=O)Nc2ccccc2C(C)(C)C)c1. The molecule has 0 saturated heterocycles. The van der Waals surface area contributed by atoms with Crippen LogP contribution in [0.2, 0.25) is 0 Å². The number of benzene rings is 2. The third-order valence-corrected chi connectivity index (χ3v) is 4.03. The van der Waals surface area contributed by atoms with Gasteiger partial charge in [0.1, 0.15) is 11.5 Å². The van der Waals surface area contributed by atoms with Crippen LogP contribution in [0.15, 0.2) is 42.5 Å². The van der Waals surface area contributed by atoms with Crippen LogP contribution in [0.3, 0.4) is 0 Å². The molecular weight excluding hydrogens is 344 g/mol. The van der Waals surface area contributed by atoms with Crippen molar-refractivity contribution in [2.45, 2.75) is 26.2 Å². The van der Waals surface area contributed by atoms with Crippen LogP contribution in [0.1, 0.15) is 36.7 Å². The van der Waals surface area contributed by atoms with Crippen molar-refractivity contribution in [3.8, 4) is 11.5 Å². The maximum absolute atomic E-state index is 12.4. The fourth-order valence-electron chi connectivity index (χ4n) is 2.64. The second-order valence-electron chi connectivity index (χ2n) is 7.13. The van der Waals surface area contributed by atoms with Gasteiger partial charge in [-0.2, -0.15) is 0 Å². The van der Waals surface area contributed by atoms with Crippen LogP contribution in [0.5, 0.6) is 11.5 Å². The molecule has 6 nitrogen and oxygen atoms in total. The first-order valence-corrected chi connectivity index (χ1v) is 8.65. The molecule has 0 aliphatic heterocycles. The van der Waals surface area contributed by atoms with E-state index in [1.807, 2.05) is 24.3 Å². The first-order valence-electron chi connectivity index (χ1n) is 8.65. The van der Waals surface area contributed by atoms with Gasteiger partial charge in [0.05, 0.1) is 20.8 Å². The van der Waals surface area contributed by atoms with Crippen molar-refractivity contribution in [1.29, 1.82) is 0 Å². The first-order chi connectivity index (χ1) is 12.7. The standard InChI is InChI=1S/C21H26N2O4/c1-21(2,3)17-8-6-7-9-18(17)23-19(24)13-22-20(25)14-10-15(26-4)12-16(11-14)27-5/h6-12H,13H2,1-5H3,(H,22,25)(H,23,24). The number of amides is 2. The van der Waals surface area contributed by atoms with Crippen LogP contribution in [0.4, 0.5) is 5.69 Å². The normalized spacial score (nSPS) is 10.9. The smallest absolute Gasteiger partial charge is 0.251 e. The van der Waals surface area contributed by atoms with Gasteiger partial charge in [0.2, 0.25) is 5.91 Å². The molecule has 0 unspecified atom stereocenters. The molecule has 0 spiro atoms. The van der Waals surface area contributed by atoms with Crippen LogP contribution in [0, 0.1) is 0 Å². The zero-order valence-corrected chi connectivity index (χ0v) is 16.4. The minimum atomic E-state index is -0.383. The fourth-order valence-corrected chi connectivity index (χ4v) is 2.64. The lowest BCUT2D eigenvalue weighted by atomic mass is 9.86. The van der Waals surface area contributed by atoms with E-state index in [1.165, 1.54) is 14.2 Å². The zero-order valence-electron chi connectivity index (χ0n) is 16.4. The van der Waals surface area contributed by atoms with E-state index in [4.69, 9.17) is 9.47 Å². The highest BCUT2D eigenvalue weighted by Gasteiger charge is 2.19. The van der Waals surface area contributed by atoms with E-state index in [2.05, 4.69) is 31.4 Å². The number of hydrogen-bond acceptors (Lipinski definition) is 4. The molecule has 2 aromatic rings. The summed E-state index contributed by atoms with van der Waals surface area (Å²) >= 11 is 0. The van der Waals surface area contributed by atoms with Crippen LogP contribution < -0.4 is 20.1 Å². The monoisotopic (exact) mass is 370 g/mol. The molecule has 2 N–H and O–H groups in total. The van der Waals surface area contributed by atoms with Crippen LogP contribution in [0.25, 0.3) is 0 Å². The molecule has 0 atom stereocenters. The lowest BCUT2D eigenvalue weighted by Gasteiger charge is -2.23. The summed E-state index contributed by atoms with van der Waals surface area (Å²) < 4.78 is 10.3. The average Bonchev–Trinajstić information content (AvgIpc) is 2.65. The number of anilines is 1. The highest BCUT2D eigenvalue weighted by atomic mass is 16.5. The summed E-state index contributed by atoms with van der Waals surface area (Å²) in [6, 6.07) is 12.5. The topological polar surface area (TPSA) is 76.7 Å². The van der Waals surface area contributed by atoms with E-state index in [0.717, 1.165) is 11.3 Å². The second-order valence-corrected chi connectivity index (χ2v) is 7.13. The molecule has 0 aliphatic carbocycles. The molecule has 0 saturated carbocycles. The molecule has 0 heterocycles. The van der Waals surface area contributed by atoms with Crippen molar-refractivity contribution >= 4 is 17.5 Å². The van der Waals surface area contributed by atoms with Gasteiger partial charge in [0, 0.05) is 17.3 Å². The summed E-state index contributed by atoms with van der Waals surface area (Å²) in [6.07, 6.45) is 0. The summed E-state index contributed by atoms with van der Waals surface area (Å²) in [5.41, 5.74) is 2.02. The number of hydrogen-bond donors (Lipinski definition) is 2. The molecule has 2 amide bonds. The third kappa shape index (κ3) is 5.48. The molecule has 144 valence electrons. The molecule has 27 heavy (non-hydrogen) atoms. The molecule has 0 fully saturated rings. The molecule has 0 aromatic heterocycles. The highest BCUT2D eigenvalue weighted by Crippen LogP contribution is 2.29. The molecular formula is C21H26N2O4. The Morgan fingerprint density at radius 3 is 2.11 bits per heavy atom. The minimum absolute atomic E-state index is 0.107. The Balaban J connectivity index is 2.03. The predicted molar refractivity (Wildman–Crippen MR) is 106 cm³/mol. The Morgan fingerprint density at radius 1 is 0.963 bits per heavy atom. The van der Waals surface area contributed by atoms with Crippen molar-refractivity contribution in [1.82, 2.24) is 5.32 Å².